The Labute approximate surface area is 155 Å². The van der Waals surface area contributed by atoms with Gasteiger partial charge in [-0.1, -0.05) is 17.7 Å². The second-order valence-electron chi connectivity index (χ2n) is 6.98. The fourth-order valence-corrected chi connectivity index (χ4v) is 5.44. The van der Waals surface area contributed by atoms with Crippen LogP contribution in [-0.2, 0) is 10.0 Å². The van der Waals surface area contributed by atoms with Crippen LogP contribution < -0.4 is 9.46 Å². The van der Waals surface area contributed by atoms with E-state index in [1.165, 1.54) is 0 Å². The summed E-state index contributed by atoms with van der Waals surface area (Å²) in [5.74, 6) is 0.516. The molecular weight excluding hydrogens is 350 g/mol. The molecule has 1 N–H and O–H groups in total. The Morgan fingerprint density at radius 2 is 1.69 bits per heavy atom. The van der Waals surface area contributed by atoms with Gasteiger partial charge < -0.3 is 4.74 Å². The summed E-state index contributed by atoms with van der Waals surface area (Å²) >= 11 is 0. The quantitative estimate of drug-likeness (QED) is 0.869. The van der Waals surface area contributed by atoms with Crippen LogP contribution in [0.3, 0.4) is 0 Å². The smallest absolute Gasteiger partial charge is 0.241 e. The highest BCUT2D eigenvalue weighted by molar-refractivity contribution is 7.89. The molecule has 1 saturated carbocycles. The fraction of sp³-hybridized carbons (Fsp3) is 0.474. The molecule has 1 aliphatic carbocycles. The lowest BCUT2D eigenvalue weighted by Gasteiger charge is -2.29. The summed E-state index contributed by atoms with van der Waals surface area (Å²) in [5.41, 5.74) is 2.64. The third-order valence-electron chi connectivity index (χ3n) is 4.70. The first kappa shape index (κ1) is 18.8. The van der Waals surface area contributed by atoms with Crippen molar-refractivity contribution in [1.82, 2.24) is 14.7 Å². The third-order valence-corrected chi connectivity index (χ3v) is 6.52. The van der Waals surface area contributed by atoms with Gasteiger partial charge in [-0.2, -0.15) is 0 Å². The number of rotatable bonds is 5. The van der Waals surface area contributed by atoms with E-state index < -0.39 is 10.0 Å². The zero-order valence-corrected chi connectivity index (χ0v) is 16.2. The highest BCUT2D eigenvalue weighted by Crippen LogP contribution is 2.26. The van der Waals surface area contributed by atoms with Gasteiger partial charge in [0.15, 0.2) is 0 Å². The normalized spacial score (nSPS) is 20.7. The number of sulfonamides is 1. The molecule has 0 spiro atoms. The third kappa shape index (κ3) is 4.40. The molecule has 1 aromatic heterocycles. The van der Waals surface area contributed by atoms with Crippen molar-refractivity contribution in [3.63, 3.8) is 0 Å². The van der Waals surface area contributed by atoms with Gasteiger partial charge in [0.25, 0.3) is 0 Å². The van der Waals surface area contributed by atoms with Crippen LogP contribution >= 0.6 is 0 Å². The number of aryl methyl sites for hydroxylation is 3. The first-order chi connectivity index (χ1) is 12.3. The van der Waals surface area contributed by atoms with Crippen LogP contribution in [0.15, 0.2) is 35.6 Å². The first-order valence-corrected chi connectivity index (χ1v) is 10.4. The van der Waals surface area contributed by atoms with Gasteiger partial charge in [-0.3, -0.25) is 4.98 Å². The van der Waals surface area contributed by atoms with Crippen LogP contribution in [0.5, 0.6) is 5.88 Å². The Morgan fingerprint density at radius 1 is 1.04 bits per heavy atom. The number of hydrogen-bond acceptors (Lipinski definition) is 5. The Hall–Kier alpha value is -1.99. The Balaban J connectivity index is 1.62. The highest BCUT2D eigenvalue weighted by atomic mass is 32.2. The van der Waals surface area contributed by atoms with Crippen LogP contribution in [-0.4, -0.2) is 30.5 Å². The molecule has 0 bridgehead atoms. The molecule has 0 radical (unpaired) electrons. The van der Waals surface area contributed by atoms with Crippen molar-refractivity contribution >= 4 is 10.0 Å². The summed E-state index contributed by atoms with van der Waals surface area (Å²) in [5, 5.41) is 0. The van der Waals surface area contributed by atoms with Crippen molar-refractivity contribution in [1.29, 1.82) is 0 Å². The van der Waals surface area contributed by atoms with E-state index in [4.69, 9.17) is 4.74 Å². The van der Waals surface area contributed by atoms with Crippen molar-refractivity contribution in [3.8, 4) is 5.88 Å². The van der Waals surface area contributed by atoms with Gasteiger partial charge in [-0.15, -0.1) is 0 Å². The first-order valence-electron chi connectivity index (χ1n) is 8.88. The summed E-state index contributed by atoms with van der Waals surface area (Å²) in [6.45, 7) is 5.67. The van der Waals surface area contributed by atoms with Crippen molar-refractivity contribution < 1.29 is 13.2 Å². The predicted octanol–water partition coefficient (Wildman–Crippen LogP) is 3.07. The summed E-state index contributed by atoms with van der Waals surface area (Å²) in [7, 11) is -3.53. The van der Waals surface area contributed by atoms with E-state index in [9.17, 15) is 8.42 Å². The molecular formula is C19H25N3O3S. The molecule has 0 amide bonds. The summed E-state index contributed by atoms with van der Waals surface area (Å²) in [4.78, 5) is 8.52. The minimum atomic E-state index is -3.53. The number of nitrogens with one attached hydrogen (secondary N) is 1. The number of nitrogens with zero attached hydrogens (tertiary/aromatic N) is 2. The maximum Gasteiger partial charge on any atom is 0.241 e. The van der Waals surface area contributed by atoms with E-state index >= 15 is 0 Å². The molecule has 140 valence electrons. The van der Waals surface area contributed by atoms with Crippen LogP contribution in [0.4, 0.5) is 0 Å². The molecule has 0 unspecified atom stereocenters. The van der Waals surface area contributed by atoms with Gasteiger partial charge in [0, 0.05) is 18.4 Å². The SMILES string of the molecule is Cc1cc(C)c(S(=O)(=O)NC2CCC(Oc3cnccn3)CC2)c(C)c1. The van der Waals surface area contributed by atoms with Crippen molar-refractivity contribution in [3.05, 3.63) is 47.4 Å². The second-order valence-corrected chi connectivity index (χ2v) is 8.64. The molecule has 0 saturated heterocycles. The van der Waals surface area contributed by atoms with E-state index in [0.29, 0.717) is 10.8 Å². The molecule has 6 nitrogen and oxygen atoms in total. The van der Waals surface area contributed by atoms with Crippen molar-refractivity contribution in [2.45, 2.75) is 63.5 Å². The molecule has 3 rings (SSSR count). The second kappa shape index (κ2) is 7.72. The number of hydrogen-bond donors (Lipinski definition) is 1. The molecule has 0 atom stereocenters. The van der Waals surface area contributed by atoms with E-state index in [0.717, 1.165) is 42.4 Å². The average molecular weight is 375 g/mol. The topological polar surface area (TPSA) is 81.2 Å². The number of aromatic nitrogens is 2. The molecule has 2 aromatic rings. The van der Waals surface area contributed by atoms with Crippen molar-refractivity contribution in [2.24, 2.45) is 0 Å². The maximum absolute atomic E-state index is 12.9. The molecule has 1 heterocycles. The van der Waals surface area contributed by atoms with Gasteiger partial charge in [0.1, 0.15) is 6.10 Å². The average Bonchev–Trinajstić information content (AvgIpc) is 2.56. The lowest BCUT2D eigenvalue weighted by molar-refractivity contribution is 0.138. The van der Waals surface area contributed by atoms with Gasteiger partial charge in [0.2, 0.25) is 15.9 Å². The number of ether oxygens (including phenoxy) is 1. The van der Waals surface area contributed by atoms with E-state index in [-0.39, 0.29) is 12.1 Å². The monoisotopic (exact) mass is 375 g/mol. The molecule has 1 aromatic carbocycles. The van der Waals surface area contributed by atoms with E-state index in [1.807, 2.05) is 32.9 Å². The predicted molar refractivity (Wildman–Crippen MR) is 99.7 cm³/mol. The largest absolute Gasteiger partial charge is 0.473 e. The van der Waals surface area contributed by atoms with Crippen LogP contribution in [0.25, 0.3) is 0 Å². The van der Waals surface area contributed by atoms with E-state index in [2.05, 4.69) is 14.7 Å². The van der Waals surface area contributed by atoms with Gasteiger partial charge in [-0.25, -0.2) is 18.1 Å². The van der Waals surface area contributed by atoms with Gasteiger partial charge in [-0.05, 0) is 57.6 Å². The standard InChI is InChI=1S/C19H25N3O3S/c1-13-10-14(2)19(15(3)11-13)26(23,24)22-16-4-6-17(7-5-16)25-18-12-20-8-9-21-18/h8-12,16-17,22H,4-7H2,1-3H3. The lowest BCUT2D eigenvalue weighted by Crippen LogP contribution is -2.40. The van der Waals surface area contributed by atoms with Crippen LogP contribution in [0, 0.1) is 20.8 Å². The minimum Gasteiger partial charge on any atom is -0.473 e. The Kier molecular flexibility index (Phi) is 5.58. The zero-order valence-electron chi connectivity index (χ0n) is 15.4. The maximum atomic E-state index is 12.9. The fourth-order valence-electron chi connectivity index (χ4n) is 3.68. The highest BCUT2D eigenvalue weighted by Gasteiger charge is 2.28. The summed E-state index contributed by atoms with van der Waals surface area (Å²) in [6, 6.07) is 3.75. The Morgan fingerprint density at radius 3 is 2.27 bits per heavy atom. The zero-order chi connectivity index (χ0) is 18.7. The summed E-state index contributed by atoms with van der Waals surface area (Å²) in [6.07, 6.45) is 7.91. The molecule has 7 heteroatoms. The van der Waals surface area contributed by atoms with Gasteiger partial charge >= 0.3 is 0 Å². The molecule has 1 aliphatic rings. The minimum absolute atomic E-state index is 0.0512. The molecule has 0 aliphatic heterocycles. The molecule has 26 heavy (non-hydrogen) atoms. The van der Waals surface area contributed by atoms with Crippen molar-refractivity contribution in [2.75, 3.05) is 0 Å². The van der Waals surface area contributed by atoms with Crippen LogP contribution in [0.1, 0.15) is 42.4 Å². The summed E-state index contributed by atoms with van der Waals surface area (Å²) < 4.78 is 34.4. The van der Waals surface area contributed by atoms with E-state index in [1.54, 1.807) is 18.6 Å². The molecule has 1 fully saturated rings. The number of benzene rings is 1. The lowest BCUT2D eigenvalue weighted by atomic mass is 9.94. The van der Waals surface area contributed by atoms with Crippen LogP contribution in [0.2, 0.25) is 0 Å². The Bertz CT molecular complexity index is 838. The van der Waals surface area contributed by atoms with Gasteiger partial charge in [0.05, 0.1) is 11.1 Å².